The second kappa shape index (κ2) is 4.40. The summed E-state index contributed by atoms with van der Waals surface area (Å²) in [5.41, 5.74) is 1.07. The van der Waals surface area contributed by atoms with Crippen molar-refractivity contribution >= 4 is 39.7 Å². The average molecular weight is 329 g/mol. The van der Waals surface area contributed by atoms with Gasteiger partial charge in [-0.25, -0.2) is 4.98 Å². The van der Waals surface area contributed by atoms with E-state index >= 15 is 0 Å². The van der Waals surface area contributed by atoms with E-state index in [2.05, 4.69) is 33.6 Å². The number of hydrogen-bond acceptors (Lipinski definition) is 3. The lowest BCUT2D eigenvalue weighted by Crippen LogP contribution is -1.83. The minimum atomic E-state index is 0.0735. The van der Waals surface area contributed by atoms with Crippen molar-refractivity contribution in [2.75, 3.05) is 0 Å². The van der Waals surface area contributed by atoms with E-state index in [9.17, 15) is 4.79 Å². The van der Waals surface area contributed by atoms with Crippen LogP contribution in [-0.2, 0) is 0 Å². The number of aromatic nitrogens is 1. The lowest BCUT2D eigenvalue weighted by atomic mass is 10.2. The number of thiazole rings is 1. The molecule has 0 unspecified atom stereocenters. The Kier molecular flexibility index (Phi) is 3.16. The van der Waals surface area contributed by atoms with Gasteiger partial charge in [-0.05, 0) is 34.7 Å². The number of nitrogens with zero attached hydrogens (tertiary/aromatic N) is 1. The van der Waals surface area contributed by atoms with Crippen LogP contribution in [0.4, 0.5) is 0 Å². The molecule has 0 atom stereocenters. The van der Waals surface area contributed by atoms with Crippen LogP contribution in [0.1, 0.15) is 16.6 Å². The number of hydrogen-bond donors (Lipinski definition) is 0. The lowest BCUT2D eigenvalue weighted by molar-refractivity contribution is 0.102. The van der Waals surface area contributed by atoms with Crippen molar-refractivity contribution in [3.8, 4) is 10.6 Å². The van der Waals surface area contributed by atoms with Gasteiger partial charge in [0, 0.05) is 22.3 Å². The molecule has 4 heteroatoms. The van der Waals surface area contributed by atoms with Gasteiger partial charge in [0.1, 0.15) is 5.01 Å². The van der Waals surface area contributed by atoms with Crippen LogP contribution < -0.4 is 0 Å². The van der Waals surface area contributed by atoms with Crippen LogP contribution >= 0.6 is 33.9 Å². The Morgan fingerprint density at radius 3 is 2.87 bits per heavy atom. The molecule has 2 rings (SSSR count). The molecule has 1 aromatic heterocycles. The molecule has 15 heavy (non-hydrogen) atoms. The summed E-state index contributed by atoms with van der Waals surface area (Å²) in [7, 11) is 0. The number of rotatable bonds is 2. The van der Waals surface area contributed by atoms with E-state index in [4.69, 9.17) is 0 Å². The second-order valence-corrected chi connectivity index (χ2v) is 5.37. The molecule has 0 aliphatic heterocycles. The van der Waals surface area contributed by atoms with Crippen molar-refractivity contribution in [2.24, 2.45) is 0 Å². The van der Waals surface area contributed by atoms with Gasteiger partial charge in [-0.1, -0.05) is 12.1 Å². The molecule has 1 aromatic carbocycles. The van der Waals surface area contributed by atoms with Gasteiger partial charge in [-0.3, -0.25) is 4.79 Å². The highest BCUT2D eigenvalue weighted by atomic mass is 127. The zero-order chi connectivity index (χ0) is 10.8. The maximum Gasteiger partial charge on any atom is 0.171 e. The minimum Gasteiger partial charge on any atom is -0.294 e. The van der Waals surface area contributed by atoms with Crippen molar-refractivity contribution in [1.29, 1.82) is 0 Å². The van der Waals surface area contributed by atoms with E-state index in [-0.39, 0.29) is 5.78 Å². The van der Waals surface area contributed by atoms with Gasteiger partial charge in [0.25, 0.3) is 0 Å². The topological polar surface area (TPSA) is 30.0 Å². The zero-order valence-electron chi connectivity index (χ0n) is 8.03. The van der Waals surface area contributed by atoms with Crippen LogP contribution in [0.3, 0.4) is 0 Å². The Morgan fingerprint density at radius 1 is 1.47 bits per heavy atom. The van der Waals surface area contributed by atoms with Crippen LogP contribution in [0.25, 0.3) is 10.6 Å². The molecule has 0 amide bonds. The molecule has 0 aliphatic carbocycles. The summed E-state index contributed by atoms with van der Waals surface area (Å²) < 4.78 is 1.17. The van der Waals surface area contributed by atoms with Gasteiger partial charge in [0.05, 0.1) is 4.88 Å². The third kappa shape index (κ3) is 2.43. The van der Waals surface area contributed by atoms with Gasteiger partial charge in [-0.15, -0.1) is 11.3 Å². The predicted molar refractivity (Wildman–Crippen MR) is 70.3 cm³/mol. The van der Waals surface area contributed by atoms with E-state index in [1.54, 1.807) is 13.1 Å². The first-order chi connectivity index (χ1) is 7.16. The van der Waals surface area contributed by atoms with E-state index in [0.717, 1.165) is 10.6 Å². The summed E-state index contributed by atoms with van der Waals surface area (Å²) in [6.07, 6.45) is 1.64. The normalized spacial score (nSPS) is 10.3. The summed E-state index contributed by atoms with van der Waals surface area (Å²) in [6.45, 7) is 1.56. The quantitative estimate of drug-likeness (QED) is 0.622. The Hall–Kier alpha value is -0.750. The number of ketones is 1. The fraction of sp³-hybridized carbons (Fsp3) is 0.0909. The van der Waals surface area contributed by atoms with Gasteiger partial charge < -0.3 is 0 Å². The summed E-state index contributed by atoms with van der Waals surface area (Å²) >= 11 is 3.70. The molecule has 2 aromatic rings. The molecule has 0 N–H and O–H groups in total. The fourth-order valence-electron chi connectivity index (χ4n) is 1.19. The molecule has 2 nitrogen and oxygen atoms in total. The van der Waals surface area contributed by atoms with Crippen molar-refractivity contribution in [3.63, 3.8) is 0 Å². The first-order valence-electron chi connectivity index (χ1n) is 4.39. The van der Waals surface area contributed by atoms with Crippen LogP contribution in [0, 0.1) is 3.57 Å². The SMILES string of the molecule is CC(=O)c1cnc(-c2cccc(I)c2)s1. The standard InChI is InChI=1S/C11H8INOS/c1-7(14)10-6-13-11(15-10)8-3-2-4-9(12)5-8/h2-6H,1H3. The van der Waals surface area contributed by atoms with E-state index in [0.29, 0.717) is 4.88 Å². The number of carbonyl (C=O) groups is 1. The highest BCUT2D eigenvalue weighted by Crippen LogP contribution is 2.26. The maximum atomic E-state index is 11.1. The average Bonchev–Trinajstić information content (AvgIpc) is 2.66. The first-order valence-corrected chi connectivity index (χ1v) is 6.29. The summed E-state index contributed by atoms with van der Waals surface area (Å²) in [5.74, 6) is 0.0735. The molecule has 0 saturated carbocycles. The van der Waals surface area contributed by atoms with Gasteiger partial charge in [0.2, 0.25) is 0 Å². The lowest BCUT2D eigenvalue weighted by Gasteiger charge is -1.95. The van der Waals surface area contributed by atoms with Gasteiger partial charge in [0.15, 0.2) is 5.78 Å². The minimum absolute atomic E-state index is 0.0735. The van der Waals surface area contributed by atoms with Gasteiger partial charge >= 0.3 is 0 Å². The van der Waals surface area contributed by atoms with Crippen LogP contribution in [0.2, 0.25) is 0 Å². The fourth-order valence-corrected chi connectivity index (χ4v) is 2.54. The molecule has 0 saturated heterocycles. The molecule has 0 bridgehead atoms. The summed E-state index contributed by atoms with van der Waals surface area (Å²) in [4.78, 5) is 16.1. The predicted octanol–water partition coefficient (Wildman–Crippen LogP) is 3.62. The second-order valence-electron chi connectivity index (χ2n) is 3.10. The number of carbonyl (C=O) groups excluding carboxylic acids is 1. The Morgan fingerprint density at radius 2 is 2.27 bits per heavy atom. The molecule has 0 radical (unpaired) electrons. The molecular formula is C11H8INOS. The molecule has 0 aliphatic rings. The number of Topliss-reactive ketones (excluding diaryl/α,β-unsaturated/α-hetero) is 1. The molecule has 0 spiro atoms. The highest BCUT2D eigenvalue weighted by molar-refractivity contribution is 14.1. The largest absolute Gasteiger partial charge is 0.294 e. The molecule has 0 fully saturated rings. The van der Waals surface area contributed by atoms with Crippen molar-refractivity contribution < 1.29 is 4.79 Å². The third-order valence-corrected chi connectivity index (χ3v) is 3.74. The Labute approximate surface area is 106 Å². The Bertz CT molecular complexity index is 507. The first kappa shape index (κ1) is 10.8. The van der Waals surface area contributed by atoms with Crippen LogP contribution in [0.5, 0.6) is 0 Å². The van der Waals surface area contributed by atoms with Crippen LogP contribution in [-0.4, -0.2) is 10.8 Å². The summed E-state index contributed by atoms with van der Waals surface area (Å²) in [6, 6.07) is 8.09. The van der Waals surface area contributed by atoms with Crippen molar-refractivity contribution in [3.05, 3.63) is 38.9 Å². The smallest absolute Gasteiger partial charge is 0.171 e. The number of halogens is 1. The van der Waals surface area contributed by atoms with Crippen molar-refractivity contribution in [2.45, 2.75) is 6.92 Å². The Balaban J connectivity index is 2.41. The van der Waals surface area contributed by atoms with E-state index < -0.39 is 0 Å². The summed E-state index contributed by atoms with van der Waals surface area (Å²) in [5, 5.41) is 0.902. The van der Waals surface area contributed by atoms with E-state index in [1.807, 2.05) is 18.2 Å². The highest BCUT2D eigenvalue weighted by Gasteiger charge is 2.07. The molecule has 76 valence electrons. The number of benzene rings is 1. The van der Waals surface area contributed by atoms with Crippen molar-refractivity contribution in [1.82, 2.24) is 4.98 Å². The monoisotopic (exact) mass is 329 g/mol. The maximum absolute atomic E-state index is 11.1. The third-order valence-electron chi connectivity index (χ3n) is 1.92. The van der Waals surface area contributed by atoms with Gasteiger partial charge in [-0.2, -0.15) is 0 Å². The molecule has 1 heterocycles. The zero-order valence-corrected chi connectivity index (χ0v) is 11.0. The van der Waals surface area contributed by atoms with Crippen LogP contribution in [0.15, 0.2) is 30.5 Å². The molecular weight excluding hydrogens is 321 g/mol. The van der Waals surface area contributed by atoms with E-state index in [1.165, 1.54) is 14.9 Å².